The van der Waals surface area contributed by atoms with Gasteiger partial charge in [0.15, 0.2) is 0 Å². The molecule has 0 bridgehead atoms. The normalized spacial score (nSPS) is 13.5. The molecule has 24 heavy (non-hydrogen) atoms. The second-order valence-corrected chi connectivity index (χ2v) is 6.84. The predicted molar refractivity (Wildman–Crippen MR) is 95.8 cm³/mol. The molecule has 0 radical (unpaired) electrons. The molecule has 4 nitrogen and oxygen atoms in total. The van der Waals surface area contributed by atoms with Crippen molar-refractivity contribution in [1.82, 2.24) is 0 Å². The van der Waals surface area contributed by atoms with Gasteiger partial charge in [-0.25, -0.2) is 0 Å². The van der Waals surface area contributed by atoms with Gasteiger partial charge in [0.05, 0.1) is 36.7 Å². The molecule has 2 unspecified atom stereocenters. The molecule has 5 heteroatoms. The summed E-state index contributed by atoms with van der Waals surface area (Å²) in [6.07, 6.45) is -0.105. The van der Waals surface area contributed by atoms with Gasteiger partial charge in [-0.1, -0.05) is 60.7 Å². The van der Waals surface area contributed by atoms with Crippen LogP contribution in [0.2, 0.25) is 0 Å². The summed E-state index contributed by atoms with van der Waals surface area (Å²) >= 11 is 0. The molecule has 0 spiro atoms. The van der Waals surface area contributed by atoms with Gasteiger partial charge in [0.2, 0.25) is 0 Å². The van der Waals surface area contributed by atoms with E-state index in [9.17, 15) is 4.21 Å². The maximum absolute atomic E-state index is 11.9. The first-order valence-corrected chi connectivity index (χ1v) is 9.43. The zero-order chi connectivity index (χ0) is 17.0. The van der Waals surface area contributed by atoms with Crippen LogP contribution in [0.5, 0.6) is 0 Å². The number of benzene rings is 2. The van der Waals surface area contributed by atoms with Crippen molar-refractivity contribution < 1.29 is 18.4 Å². The second kappa shape index (κ2) is 11.1. The van der Waals surface area contributed by atoms with Gasteiger partial charge in [0.1, 0.15) is 11.9 Å². The Morgan fingerprint density at radius 1 is 0.833 bits per heavy atom. The standard InChI is InChI=1S/C19H24O4S/c1-17(12-21-13-18-8-4-2-5-9-18)23-16-24(20)15-22-14-19-10-6-3-7-11-19/h2-11,17H,12-16H2,1H3. The van der Waals surface area contributed by atoms with Crippen molar-refractivity contribution in [2.45, 2.75) is 26.2 Å². The molecular weight excluding hydrogens is 324 g/mol. The second-order valence-electron chi connectivity index (χ2n) is 5.49. The average Bonchev–Trinajstić information content (AvgIpc) is 2.62. The molecule has 2 aromatic carbocycles. The first-order chi connectivity index (χ1) is 11.7. The molecule has 2 atom stereocenters. The van der Waals surface area contributed by atoms with Crippen LogP contribution in [0, 0.1) is 0 Å². The van der Waals surface area contributed by atoms with E-state index in [4.69, 9.17) is 14.2 Å². The molecule has 0 aliphatic carbocycles. The van der Waals surface area contributed by atoms with Crippen molar-refractivity contribution in [2.75, 3.05) is 18.5 Å². The highest BCUT2D eigenvalue weighted by molar-refractivity contribution is 7.84. The minimum Gasteiger partial charge on any atom is -0.374 e. The van der Waals surface area contributed by atoms with E-state index in [0.717, 1.165) is 11.1 Å². The molecule has 0 heterocycles. The topological polar surface area (TPSA) is 44.8 Å². The molecule has 0 saturated carbocycles. The largest absolute Gasteiger partial charge is 0.374 e. The van der Waals surface area contributed by atoms with E-state index in [1.54, 1.807) is 0 Å². The lowest BCUT2D eigenvalue weighted by Gasteiger charge is -2.13. The number of ether oxygens (including phenoxy) is 3. The van der Waals surface area contributed by atoms with E-state index in [1.807, 2.05) is 67.6 Å². The molecule has 0 aromatic heterocycles. The zero-order valence-corrected chi connectivity index (χ0v) is 14.7. The molecule has 0 N–H and O–H groups in total. The molecule has 0 aliphatic heterocycles. The average molecular weight is 348 g/mol. The Hall–Kier alpha value is -1.53. The summed E-state index contributed by atoms with van der Waals surface area (Å²) in [6.45, 7) is 3.39. The highest BCUT2D eigenvalue weighted by Crippen LogP contribution is 2.04. The maximum Gasteiger partial charge on any atom is 0.124 e. The molecular formula is C19H24O4S. The van der Waals surface area contributed by atoms with Gasteiger partial charge in [-0.15, -0.1) is 0 Å². The zero-order valence-electron chi connectivity index (χ0n) is 13.9. The van der Waals surface area contributed by atoms with E-state index in [0.29, 0.717) is 19.8 Å². The van der Waals surface area contributed by atoms with E-state index >= 15 is 0 Å². The first-order valence-electron chi connectivity index (χ1n) is 7.94. The molecule has 130 valence electrons. The molecule has 2 aromatic rings. The van der Waals surface area contributed by atoms with Crippen LogP contribution >= 0.6 is 0 Å². The Labute approximate surface area is 146 Å². The molecule has 0 amide bonds. The number of hydrogen-bond acceptors (Lipinski definition) is 4. The first kappa shape index (κ1) is 18.8. The highest BCUT2D eigenvalue weighted by atomic mass is 32.2. The van der Waals surface area contributed by atoms with Crippen LogP contribution in [0.4, 0.5) is 0 Å². The maximum atomic E-state index is 11.9. The van der Waals surface area contributed by atoms with E-state index < -0.39 is 10.8 Å². The fraction of sp³-hybridized carbons (Fsp3) is 0.368. The summed E-state index contributed by atoms with van der Waals surface area (Å²) in [7, 11) is -1.16. The van der Waals surface area contributed by atoms with E-state index in [1.165, 1.54) is 0 Å². The molecule has 0 saturated heterocycles. The van der Waals surface area contributed by atoms with Gasteiger partial charge >= 0.3 is 0 Å². The minimum atomic E-state index is -1.16. The predicted octanol–water partition coefficient (Wildman–Crippen LogP) is 3.49. The summed E-state index contributed by atoms with van der Waals surface area (Å²) in [6, 6.07) is 19.8. The summed E-state index contributed by atoms with van der Waals surface area (Å²) in [5.74, 6) is 0.330. The van der Waals surface area contributed by atoms with Crippen molar-refractivity contribution in [2.24, 2.45) is 0 Å². The molecule has 0 fully saturated rings. The monoisotopic (exact) mass is 348 g/mol. The van der Waals surface area contributed by atoms with Gasteiger partial charge in [0.25, 0.3) is 0 Å². The lowest BCUT2D eigenvalue weighted by atomic mass is 10.2. The summed E-state index contributed by atoms with van der Waals surface area (Å²) in [4.78, 5) is 0. The Balaban J connectivity index is 1.52. The summed E-state index contributed by atoms with van der Waals surface area (Å²) in [5, 5.41) is 0. The number of hydrogen-bond donors (Lipinski definition) is 0. The Morgan fingerprint density at radius 2 is 1.38 bits per heavy atom. The van der Waals surface area contributed by atoms with Gasteiger partial charge in [-0.3, -0.25) is 4.21 Å². The van der Waals surface area contributed by atoms with Crippen molar-refractivity contribution in [3.63, 3.8) is 0 Å². The lowest BCUT2D eigenvalue weighted by molar-refractivity contribution is 0.00464. The fourth-order valence-electron chi connectivity index (χ4n) is 2.02. The molecule has 0 aliphatic rings. The van der Waals surface area contributed by atoms with E-state index in [-0.39, 0.29) is 18.0 Å². The third-order valence-electron chi connectivity index (χ3n) is 3.27. The van der Waals surface area contributed by atoms with Gasteiger partial charge in [-0.05, 0) is 18.1 Å². The van der Waals surface area contributed by atoms with Crippen LogP contribution in [0.3, 0.4) is 0 Å². The van der Waals surface area contributed by atoms with Gasteiger partial charge in [0, 0.05) is 0 Å². The Bertz CT molecular complexity index is 589. The summed E-state index contributed by atoms with van der Waals surface area (Å²) in [5.41, 5.74) is 2.20. The van der Waals surface area contributed by atoms with Crippen molar-refractivity contribution >= 4 is 10.8 Å². The van der Waals surface area contributed by atoms with Gasteiger partial charge in [-0.2, -0.15) is 0 Å². The quantitative estimate of drug-likeness (QED) is 0.623. The van der Waals surface area contributed by atoms with Crippen molar-refractivity contribution in [1.29, 1.82) is 0 Å². The van der Waals surface area contributed by atoms with Crippen LogP contribution in [-0.2, 0) is 38.2 Å². The fourth-order valence-corrected chi connectivity index (χ4v) is 2.74. The minimum absolute atomic E-state index is 0.105. The number of rotatable bonds is 11. The third-order valence-corrected chi connectivity index (χ3v) is 4.10. The van der Waals surface area contributed by atoms with Crippen LogP contribution in [-0.4, -0.2) is 28.8 Å². The Morgan fingerprint density at radius 3 is 1.96 bits per heavy atom. The smallest absolute Gasteiger partial charge is 0.124 e. The van der Waals surface area contributed by atoms with Crippen molar-refractivity contribution in [3.05, 3.63) is 71.8 Å². The van der Waals surface area contributed by atoms with Crippen LogP contribution < -0.4 is 0 Å². The molecule has 2 rings (SSSR count). The van der Waals surface area contributed by atoms with Gasteiger partial charge < -0.3 is 14.2 Å². The van der Waals surface area contributed by atoms with Crippen LogP contribution in [0.1, 0.15) is 18.1 Å². The van der Waals surface area contributed by atoms with E-state index in [2.05, 4.69) is 0 Å². The Kier molecular flexibility index (Phi) is 8.70. The lowest BCUT2D eigenvalue weighted by Crippen LogP contribution is -2.19. The highest BCUT2D eigenvalue weighted by Gasteiger charge is 2.06. The third kappa shape index (κ3) is 7.84. The van der Waals surface area contributed by atoms with Crippen LogP contribution in [0.15, 0.2) is 60.7 Å². The van der Waals surface area contributed by atoms with Crippen molar-refractivity contribution in [3.8, 4) is 0 Å². The summed E-state index contributed by atoms with van der Waals surface area (Å²) < 4.78 is 28.4. The SMILES string of the molecule is CC(COCc1ccccc1)OCS(=O)COCc1ccccc1. The van der Waals surface area contributed by atoms with Crippen LogP contribution in [0.25, 0.3) is 0 Å².